The molecule has 5 nitrogen and oxygen atoms in total. The summed E-state index contributed by atoms with van der Waals surface area (Å²) in [6, 6.07) is 8.91. The van der Waals surface area contributed by atoms with Crippen LogP contribution in [0.5, 0.6) is 0 Å². The van der Waals surface area contributed by atoms with E-state index in [4.69, 9.17) is 0 Å². The Kier molecular flexibility index (Phi) is 5.07. The van der Waals surface area contributed by atoms with Crippen molar-refractivity contribution in [1.29, 1.82) is 0 Å². The van der Waals surface area contributed by atoms with Gasteiger partial charge in [-0.3, -0.25) is 4.90 Å². The van der Waals surface area contributed by atoms with Gasteiger partial charge in [0.15, 0.2) is 0 Å². The summed E-state index contributed by atoms with van der Waals surface area (Å²) >= 11 is 0. The van der Waals surface area contributed by atoms with Crippen molar-refractivity contribution in [1.82, 2.24) is 14.9 Å². The molecule has 1 aliphatic heterocycles. The van der Waals surface area contributed by atoms with Crippen LogP contribution < -0.4 is 10.2 Å². The highest BCUT2D eigenvalue weighted by molar-refractivity contribution is 5.48. The number of hydrogen-bond acceptors (Lipinski definition) is 5. The molecule has 2 fully saturated rings. The third-order valence-electron chi connectivity index (χ3n) is 5.56. The molecular formula is C21H29N5. The molecule has 0 spiro atoms. The van der Waals surface area contributed by atoms with E-state index in [0.29, 0.717) is 5.95 Å². The van der Waals surface area contributed by atoms with Crippen molar-refractivity contribution in [2.45, 2.75) is 33.2 Å². The molecule has 26 heavy (non-hydrogen) atoms. The molecule has 138 valence electrons. The second-order valence-corrected chi connectivity index (χ2v) is 7.71. The Labute approximate surface area is 156 Å². The summed E-state index contributed by atoms with van der Waals surface area (Å²) in [5.74, 6) is 1.69. The molecule has 1 aromatic heterocycles. The molecule has 2 aliphatic rings. The minimum absolute atomic E-state index is 0.698. The van der Waals surface area contributed by atoms with E-state index < -0.39 is 0 Å². The topological polar surface area (TPSA) is 44.3 Å². The summed E-state index contributed by atoms with van der Waals surface area (Å²) in [6.07, 6.45) is 4.77. The summed E-state index contributed by atoms with van der Waals surface area (Å²) in [5, 5.41) is 3.32. The molecule has 1 saturated carbocycles. The molecule has 1 aromatic carbocycles. The Morgan fingerprint density at radius 1 is 1.04 bits per heavy atom. The van der Waals surface area contributed by atoms with Crippen LogP contribution >= 0.6 is 0 Å². The molecule has 1 saturated heterocycles. The lowest BCUT2D eigenvalue weighted by atomic mass is 10.1. The summed E-state index contributed by atoms with van der Waals surface area (Å²) in [6.45, 7) is 10.8. The maximum atomic E-state index is 4.48. The van der Waals surface area contributed by atoms with Crippen LogP contribution in [0.25, 0.3) is 0 Å². The van der Waals surface area contributed by atoms with Gasteiger partial charge < -0.3 is 10.2 Å². The molecule has 1 aliphatic carbocycles. The number of piperazine rings is 1. The molecule has 0 unspecified atom stereocenters. The number of nitrogens with zero attached hydrogens (tertiary/aromatic N) is 4. The van der Waals surface area contributed by atoms with E-state index in [2.05, 4.69) is 49.4 Å². The maximum Gasteiger partial charge on any atom is 0.223 e. The first-order valence-corrected chi connectivity index (χ1v) is 9.78. The van der Waals surface area contributed by atoms with Gasteiger partial charge in [-0.15, -0.1) is 0 Å². The van der Waals surface area contributed by atoms with Crippen LogP contribution in [0.3, 0.4) is 0 Å². The Balaban J connectivity index is 1.28. The van der Waals surface area contributed by atoms with Gasteiger partial charge in [-0.2, -0.15) is 0 Å². The Morgan fingerprint density at radius 2 is 1.77 bits per heavy atom. The molecule has 1 N–H and O–H groups in total. The second-order valence-electron chi connectivity index (χ2n) is 7.71. The molecule has 2 heterocycles. The Bertz CT molecular complexity index is 731. The largest absolute Gasteiger partial charge is 0.369 e. The fourth-order valence-corrected chi connectivity index (χ4v) is 3.47. The van der Waals surface area contributed by atoms with Crippen LogP contribution in [-0.2, 0) is 6.54 Å². The first-order chi connectivity index (χ1) is 12.7. The van der Waals surface area contributed by atoms with Crippen LogP contribution in [0.4, 0.5) is 11.6 Å². The van der Waals surface area contributed by atoms with Gasteiger partial charge in [-0.25, -0.2) is 9.97 Å². The first kappa shape index (κ1) is 17.3. The standard InChI is InChI=1S/C21H29N5/c1-16-13-22-21(24-17(16)2)23-14-18-5-7-20(8-6-18)26-11-9-25(10-12-26)15-19-3-4-19/h5-8,13,19H,3-4,9-12,14-15H2,1-2H3,(H,22,23,24). The van der Waals surface area contributed by atoms with Crippen molar-refractivity contribution < 1.29 is 0 Å². The van der Waals surface area contributed by atoms with Gasteiger partial charge in [0.05, 0.1) is 0 Å². The minimum atomic E-state index is 0.698. The number of aromatic nitrogens is 2. The molecule has 0 radical (unpaired) electrons. The molecule has 5 heteroatoms. The Morgan fingerprint density at radius 3 is 2.42 bits per heavy atom. The number of benzene rings is 1. The third kappa shape index (κ3) is 4.33. The number of anilines is 2. The highest BCUT2D eigenvalue weighted by atomic mass is 15.3. The van der Waals surface area contributed by atoms with Gasteiger partial charge in [0, 0.05) is 56.8 Å². The lowest BCUT2D eigenvalue weighted by molar-refractivity contribution is 0.248. The first-order valence-electron chi connectivity index (χ1n) is 9.78. The van der Waals surface area contributed by atoms with Crippen LogP contribution in [0, 0.1) is 19.8 Å². The van der Waals surface area contributed by atoms with E-state index >= 15 is 0 Å². The molecule has 0 atom stereocenters. The summed E-state index contributed by atoms with van der Waals surface area (Å²) < 4.78 is 0. The average molecular weight is 351 g/mol. The summed E-state index contributed by atoms with van der Waals surface area (Å²) in [7, 11) is 0. The molecular weight excluding hydrogens is 322 g/mol. The van der Waals surface area contributed by atoms with E-state index in [-0.39, 0.29) is 0 Å². The van der Waals surface area contributed by atoms with E-state index in [1.165, 1.54) is 43.7 Å². The van der Waals surface area contributed by atoms with Gasteiger partial charge >= 0.3 is 0 Å². The summed E-state index contributed by atoms with van der Waals surface area (Å²) in [4.78, 5) is 14.0. The Hall–Kier alpha value is -2.14. The van der Waals surface area contributed by atoms with Crippen molar-refractivity contribution in [3.05, 3.63) is 47.3 Å². The number of nitrogens with one attached hydrogen (secondary N) is 1. The van der Waals surface area contributed by atoms with E-state index in [0.717, 1.165) is 36.8 Å². The zero-order valence-corrected chi connectivity index (χ0v) is 15.9. The van der Waals surface area contributed by atoms with Crippen LogP contribution in [0.15, 0.2) is 30.5 Å². The predicted molar refractivity (Wildman–Crippen MR) is 107 cm³/mol. The fraction of sp³-hybridized carbons (Fsp3) is 0.524. The zero-order valence-electron chi connectivity index (χ0n) is 15.9. The molecule has 0 bridgehead atoms. The van der Waals surface area contributed by atoms with Gasteiger partial charge in [0.25, 0.3) is 0 Å². The molecule has 2 aromatic rings. The number of aryl methyl sites for hydroxylation is 2. The van der Waals surface area contributed by atoms with Crippen molar-refractivity contribution in [3.8, 4) is 0 Å². The smallest absolute Gasteiger partial charge is 0.223 e. The maximum absolute atomic E-state index is 4.48. The van der Waals surface area contributed by atoms with Gasteiger partial charge in [-0.05, 0) is 55.9 Å². The van der Waals surface area contributed by atoms with Crippen molar-refractivity contribution in [2.75, 3.05) is 42.9 Å². The van der Waals surface area contributed by atoms with Gasteiger partial charge in [0.2, 0.25) is 5.95 Å². The lowest BCUT2D eigenvalue weighted by Crippen LogP contribution is -2.47. The zero-order chi connectivity index (χ0) is 17.9. The second kappa shape index (κ2) is 7.62. The number of hydrogen-bond donors (Lipinski definition) is 1. The summed E-state index contributed by atoms with van der Waals surface area (Å²) in [5.41, 5.74) is 4.74. The van der Waals surface area contributed by atoms with Crippen LogP contribution in [0.1, 0.15) is 29.7 Å². The van der Waals surface area contributed by atoms with Crippen molar-refractivity contribution in [2.24, 2.45) is 5.92 Å². The third-order valence-corrected chi connectivity index (χ3v) is 5.56. The number of rotatable bonds is 6. The monoisotopic (exact) mass is 351 g/mol. The molecule has 4 rings (SSSR count). The predicted octanol–water partition coefficient (Wildman–Crippen LogP) is 3.24. The quantitative estimate of drug-likeness (QED) is 0.866. The normalized spacial score (nSPS) is 18.2. The lowest BCUT2D eigenvalue weighted by Gasteiger charge is -2.36. The average Bonchev–Trinajstić information content (AvgIpc) is 3.48. The van der Waals surface area contributed by atoms with Gasteiger partial charge in [0.1, 0.15) is 0 Å². The van der Waals surface area contributed by atoms with E-state index in [1.807, 2.05) is 20.0 Å². The molecule has 0 amide bonds. The van der Waals surface area contributed by atoms with E-state index in [9.17, 15) is 0 Å². The van der Waals surface area contributed by atoms with Crippen molar-refractivity contribution >= 4 is 11.6 Å². The van der Waals surface area contributed by atoms with Gasteiger partial charge in [-0.1, -0.05) is 12.1 Å². The SMILES string of the molecule is Cc1cnc(NCc2ccc(N3CCN(CC4CC4)CC3)cc2)nc1C. The van der Waals surface area contributed by atoms with Crippen molar-refractivity contribution in [3.63, 3.8) is 0 Å². The minimum Gasteiger partial charge on any atom is -0.369 e. The fourth-order valence-electron chi connectivity index (χ4n) is 3.47. The highest BCUT2D eigenvalue weighted by Crippen LogP contribution is 2.30. The van der Waals surface area contributed by atoms with E-state index in [1.54, 1.807) is 0 Å². The highest BCUT2D eigenvalue weighted by Gasteiger charge is 2.26. The van der Waals surface area contributed by atoms with Crippen LogP contribution in [-0.4, -0.2) is 47.6 Å². The van der Waals surface area contributed by atoms with Crippen LogP contribution in [0.2, 0.25) is 0 Å².